The number of hydrogen-bond acceptors (Lipinski definition) is 3. The zero-order valence-corrected chi connectivity index (χ0v) is 10.4. The van der Waals surface area contributed by atoms with E-state index in [1.807, 2.05) is 6.07 Å². The lowest BCUT2D eigenvalue weighted by Gasteiger charge is -2.46. The Morgan fingerprint density at radius 3 is 2.88 bits per heavy atom. The molecule has 0 aromatic carbocycles. The maximum atomic E-state index is 11.6. The van der Waals surface area contributed by atoms with Gasteiger partial charge in [-0.05, 0) is 33.6 Å². The average molecular weight is 223 g/mol. The minimum atomic E-state index is -0.0524. The molecule has 1 amide bonds. The highest BCUT2D eigenvalue weighted by Crippen LogP contribution is 2.30. The molecule has 1 aliphatic heterocycles. The molecule has 1 heterocycles. The first-order valence-corrected chi connectivity index (χ1v) is 5.88. The fourth-order valence-corrected chi connectivity index (χ4v) is 2.44. The standard InChI is InChI=1S/C12H21N3O/c1-10-5-4-6-12(2,3)15(10)9-11(16)14-8-7-13/h10H,4-6,8-9H2,1-3H3,(H,14,16). The van der Waals surface area contributed by atoms with Crippen molar-refractivity contribution in [2.24, 2.45) is 0 Å². The van der Waals surface area contributed by atoms with Crippen molar-refractivity contribution in [2.45, 2.75) is 51.6 Å². The lowest BCUT2D eigenvalue weighted by atomic mass is 9.87. The molecule has 0 aliphatic carbocycles. The number of nitriles is 1. The lowest BCUT2D eigenvalue weighted by molar-refractivity contribution is -0.125. The maximum absolute atomic E-state index is 11.6. The van der Waals surface area contributed by atoms with Crippen molar-refractivity contribution in [2.75, 3.05) is 13.1 Å². The van der Waals surface area contributed by atoms with Gasteiger partial charge in [0, 0.05) is 11.6 Å². The summed E-state index contributed by atoms with van der Waals surface area (Å²) in [5.74, 6) is -0.0524. The molecule has 90 valence electrons. The fraction of sp³-hybridized carbons (Fsp3) is 0.833. The monoisotopic (exact) mass is 223 g/mol. The molecule has 0 radical (unpaired) electrons. The van der Waals surface area contributed by atoms with Crippen molar-refractivity contribution < 1.29 is 4.79 Å². The van der Waals surface area contributed by atoms with Crippen LogP contribution in [-0.4, -0.2) is 35.5 Å². The van der Waals surface area contributed by atoms with Gasteiger partial charge >= 0.3 is 0 Å². The number of nitrogens with one attached hydrogen (secondary N) is 1. The minimum absolute atomic E-state index is 0.0524. The molecule has 1 saturated heterocycles. The first kappa shape index (κ1) is 13.0. The minimum Gasteiger partial charge on any atom is -0.342 e. The van der Waals surface area contributed by atoms with Crippen LogP contribution in [0.2, 0.25) is 0 Å². The largest absolute Gasteiger partial charge is 0.342 e. The van der Waals surface area contributed by atoms with E-state index in [0.717, 1.165) is 12.8 Å². The van der Waals surface area contributed by atoms with Gasteiger partial charge in [0.05, 0.1) is 12.6 Å². The van der Waals surface area contributed by atoms with Crippen LogP contribution in [0.1, 0.15) is 40.0 Å². The summed E-state index contributed by atoms with van der Waals surface area (Å²) in [5.41, 5.74) is 0.0850. The Labute approximate surface area is 97.6 Å². The molecule has 1 rings (SSSR count). The number of amides is 1. The van der Waals surface area contributed by atoms with Gasteiger partial charge in [0.25, 0.3) is 0 Å². The van der Waals surface area contributed by atoms with Gasteiger partial charge in [0.15, 0.2) is 0 Å². The van der Waals surface area contributed by atoms with Crippen LogP contribution < -0.4 is 5.32 Å². The first-order chi connectivity index (χ1) is 7.47. The predicted octanol–water partition coefficient (Wildman–Crippen LogP) is 1.28. The number of likely N-dealkylation sites (tertiary alicyclic amines) is 1. The third-order valence-corrected chi connectivity index (χ3v) is 3.40. The number of carbonyl (C=O) groups excluding carboxylic acids is 1. The number of hydrogen-bond donors (Lipinski definition) is 1. The molecule has 0 bridgehead atoms. The molecule has 4 nitrogen and oxygen atoms in total. The van der Waals surface area contributed by atoms with Crippen LogP contribution >= 0.6 is 0 Å². The van der Waals surface area contributed by atoms with E-state index >= 15 is 0 Å². The van der Waals surface area contributed by atoms with Gasteiger partial charge in [-0.3, -0.25) is 9.69 Å². The molecular formula is C12H21N3O. The topological polar surface area (TPSA) is 56.1 Å². The van der Waals surface area contributed by atoms with Crippen LogP contribution in [0.5, 0.6) is 0 Å². The van der Waals surface area contributed by atoms with E-state index < -0.39 is 0 Å². The summed E-state index contributed by atoms with van der Waals surface area (Å²) < 4.78 is 0. The fourth-order valence-electron chi connectivity index (χ4n) is 2.44. The predicted molar refractivity (Wildman–Crippen MR) is 62.7 cm³/mol. The Kier molecular flexibility index (Phi) is 4.31. The van der Waals surface area contributed by atoms with Crippen molar-refractivity contribution in [1.29, 1.82) is 5.26 Å². The molecule has 0 saturated carbocycles. The van der Waals surface area contributed by atoms with E-state index in [-0.39, 0.29) is 18.0 Å². The van der Waals surface area contributed by atoms with E-state index in [1.54, 1.807) is 0 Å². The number of piperidine rings is 1. The van der Waals surface area contributed by atoms with Crippen molar-refractivity contribution >= 4 is 5.91 Å². The highest BCUT2D eigenvalue weighted by atomic mass is 16.2. The number of nitrogens with zero attached hydrogens (tertiary/aromatic N) is 2. The van der Waals surface area contributed by atoms with E-state index in [1.165, 1.54) is 6.42 Å². The molecular weight excluding hydrogens is 202 g/mol. The molecule has 16 heavy (non-hydrogen) atoms. The van der Waals surface area contributed by atoms with E-state index in [9.17, 15) is 4.79 Å². The van der Waals surface area contributed by atoms with Gasteiger partial charge < -0.3 is 5.32 Å². The average Bonchev–Trinajstić information content (AvgIpc) is 2.20. The van der Waals surface area contributed by atoms with Gasteiger partial charge in [0.2, 0.25) is 5.91 Å². The third kappa shape index (κ3) is 3.21. The van der Waals surface area contributed by atoms with Gasteiger partial charge in [-0.1, -0.05) is 6.42 Å². The summed E-state index contributed by atoms with van der Waals surface area (Å²) in [6.07, 6.45) is 3.50. The SMILES string of the molecule is CC1CCCC(C)(C)N1CC(=O)NCC#N. The molecule has 1 aliphatic rings. The second kappa shape index (κ2) is 5.31. The highest BCUT2D eigenvalue weighted by molar-refractivity contribution is 5.78. The molecule has 0 spiro atoms. The second-order valence-electron chi connectivity index (χ2n) is 5.12. The summed E-state index contributed by atoms with van der Waals surface area (Å²) in [4.78, 5) is 13.8. The lowest BCUT2D eigenvalue weighted by Crippen LogP contribution is -2.55. The summed E-state index contributed by atoms with van der Waals surface area (Å²) in [5, 5.41) is 11.0. The summed E-state index contributed by atoms with van der Waals surface area (Å²) in [6, 6.07) is 2.36. The molecule has 4 heteroatoms. The molecule has 1 unspecified atom stereocenters. The zero-order valence-electron chi connectivity index (χ0n) is 10.4. The van der Waals surface area contributed by atoms with Gasteiger partial charge in [-0.25, -0.2) is 0 Å². The highest BCUT2D eigenvalue weighted by Gasteiger charge is 2.34. The third-order valence-electron chi connectivity index (χ3n) is 3.40. The first-order valence-electron chi connectivity index (χ1n) is 5.88. The van der Waals surface area contributed by atoms with E-state index in [4.69, 9.17) is 5.26 Å². The van der Waals surface area contributed by atoms with Gasteiger partial charge in [-0.2, -0.15) is 5.26 Å². The quantitative estimate of drug-likeness (QED) is 0.733. The Bertz CT molecular complexity index is 293. The Morgan fingerprint density at radius 1 is 1.62 bits per heavy atom. The van der Waals surface area contributed by atoms with Crippen LogP contribution in [0.25, 0.3) is 0 Å². The smallest absolute Gasteiger partial charge is 0.235 e. The summed E-state index contributed by atoms with van der Waals surface area (Å²) in [6.45, 7) is 7.02. The normalized spacial score (nSPS) is 24.8. The van der Waals surface area contributed by atoms with Crippen LogP contribution in [0, 0.1) is 11.3 Å². The maximum Gasteiger partial charge on any atom is 0.235 e. The van der Waals surface area contributed by atoms with E-state index in [2.05, 4.69) is 31.0 Å². The number of carbonyl (C=O) groups is 1. The van der Waals surface area contributed by atoms with Gasteiger partial charge in [0.1, 0.15) is 6.54 Å². The molecule has 0 aromatic rings. The van der Waals surface area contributed by atoms with Crippen LogP contribution in [0.3, 0.4) is 0 Å². The molecule has 1 atom stereocenters. The van der Waals surface area contributed by atoms with Gasteiger partial charge in [-0.15, -0.1) is 0 Å². The Hall–Kier alpha value is -1.08. The van der Waals surface area contributed by atoms with Crippen molar-refractivity contribution in [3.05, 3.63) is 0 Å². The zero-order chi connectivity index (χ0) is 12.2. The Balaban J connectivity index is 2.56. The van der Waals surface area contributed by atoms with Crippen molar-refractivity contribution in [3.8, 4) is 6.07 Å². The number of rotatable bonds is 3. The van der Waals surface area contributed by atoms with Crippen LogP contribution in [0.4, 0.5) is 0 Å². The Morgan fingerprint density at radius 2 is 2.31 bits per heavy atom. The van der Waals surface area contributed by atoms with Crippen molar-refractivity contribution in [1.82, 2.24) is 10.2 Å². The van der Waals surface area contributed by atoms with Crippen LogP contribution in [-0.2, 0) is 4.79 Å². The molecule has 1 N–H and O–H groups in total. The van der Waals surface area contributed by atoms with Crippen LogP contribution in [0.15, 0.2) is 0 Å². The molecule has 1 fully saturated rings. The van der Waals surface area contributed by atoms with E-state index in [0.29, 0.717) is 12.6 Å². The summed E-state index contributed by atoms with van der Waals surface area (Å²) >= 11 is 0. The molecule has 0 aromatic heterocycles. The van der Waals surface area contributed by atoms with Crippen molar-refractivity contribution in [3.63, 3.8) is 0 Å². The summed E-state index contributed by atoms with van der Waals surface area (Å²) in [7, 11) is 0. The second-order valence-corrected chi connectivity index (χ2v) is 5.12.